The average molecular weight is 341 g/mol. The molecule has 1 spiro atoms. The van der Waals surface area contributed by atoms with Crippen LogP contribution in [0.5, 0.6) is 0 Å². The highest BCUT2D eigenvalue weighted by atomic mass is 16.5. The van der Waals surface area contributed by atoms with E-state index in [4.69, 9.17) is 4.52 Å². The fourth-order valence-corrected chi connectivity index (χ4v) is 4.47. The topological polar surface area (TPSA) is 62.4 Å². The minimum Gasteiger partial charge on any atom is -0.392 e. The SMILES string of the molecule is CC(C)Cc1nc(CN2CCC3(CC2)c2ccccc2CC3O)no1. The molecule has 0 radical (unpaired) electrons. The maximum absolute atomic E-state index is 10.7. The quantitative estimate of drug-likeness (QED) is 0.926. The molecule has 1 aromatic carbocycles. The number of hydrogen-bond donors (Lipinski definition) is 1. The van der Waals surface area contributed by atoms with Gasteiger partial charge in [0, 0.05) is 11.8 Å². The van der Waals surface area contributed by atoms with Crippen molar-refractivity contribution in [1.82, 2.24) is 15.0 Å². The van der Waals surface area contributed by atoms with E-state index in [0.29, 0.717) is 5.92 Å². The number of likely N-dealkylation sites (tertiary alicyclic amines) is 1. The molecule has 134 valence electrons. The van der Waals surface area contributed by atoms with Gasteiger partial charge < -0.3 is 9.63 Å². The smallest absolute Gasteiger partial charge is 0.226 e. The van der Waals surface area contributed by atoms with Crippen LogP contribution in [0.3, 0.4) is 0 Å². The first-order chi connectivity index (χ1) is 12.1. The van der Waals surface area contributed by atoms with E-state index in [0.717, 1.165) is 57.0 Å². The van der Waals surface area contributed by atoms with Crippen molar-refractivity contribution in [2.45, 2.75) is 57.6 Å². The van der Waals surface area contributed by atoms with Crippen LogP contribution in [0.25, 0.3) is 0 Å². The lowest BCUT2D eigenvalue weighted by Crippen LogP contribution is -2.47. The summed E-state index contributed by atoms with van der Waals surface area (Å²) in [6, 6.07) is 8.54. The monoisotopic (exact) mass is 341 g/mol. The van der Waals surface area contributed by atoms with Gasteiger partial charge in [0.15, 0.2) is 5.82 Å². The summed E-state index contributed by atoms with van der Waals surface area (Å²) in [5.41, 5.74) is 2.62. The van der Waals surface area contributed by atoms with Crippen molar-refractivity contribution in [3.8, 4) is 0 Å². The molecule has 25 heavy (non-hydrogen) atoms. The van der Waals surface area contributed by atoms with Crippen molar-refractivity contribution >= 4 is 0 Å². The van der Waals surface area contributed by atoms with E-state index in [1.54, 1.807) is 0 Å². The summed E-state index contributed by atoms with van der Waals surface area (Å²) < 4.78 is 5.35. The van der Waals surface area contributed by atoms with Crippen LogP contribution in [-0.2, 0) is 24.8 Å². The Morgan fingerprint density at radius 1 is 1.28 bits per heavy atom. The maximum atomic E-state index is 10.7. The number of aliphatic hydroxyl groups excluding tert-OH is 1. The number of fused-ring (bicyclic) bond motifs is 2. The number of hydrogen-bond acceptors (Lipinski definition) is 5. The van der Waals surface area contributed by atoms with Gasteiger partial charge in [0.2, 0.25) is 5.89 Å². The standard InChI is InChI=1S/C20H27N3O2/c1-14(2)11-19-21-18(22-25-19)13-23-9-7-20(8-10-23)16-6-4-3-5-15(16)12-17(20)24/h3-6,14,17,24H,7-13H2,1-2H3. The normalized spacial score (nSPS) is 22.6. The summed E-state index contributed by atoms with van der Waals surface area (Å²) in [5, 5.41) is 14.9. The summed E-state index contributed by atoms with van der Waals surface area (Å²) in [6.45, 7) is 6.95. The minimum atomic E-state index is -0.255. The third-order valence-electron chi connectivity index (χ3n) is 5.81. The Morgan fingerprint density at radius 3 is 2.80 bits per heavy atom. The Kier molecular flexibility index (Phi) is 4.38. The highest BCUT2D eigenvalue weighted by molar-refractivity contribution is 5.42. The van der Waals surface area contributed by atoms with Crippen LogP contribution in [0.4, 0.5) is 0 Å². The van der Waals surface area contributed by atoms with Gasteiger partial charge in [0.25, 0.3) is 0 Å². The molecule has 1 aliphatic heterocycles. The molecule has 0 saturated carbocycles. The van der Waals surface area contributed by atoms with Crippen LogP contribution in [-0.4, -0.2) is 39.3 Å². The molecule has 1 fully saturated rings. The first-order valence-corrected chi connectivity index (χ1v) is 9.37. The first-order valence-electron chi connectivity index (χ1n) is 9.37. The third-order valence-corrected chi connectivity index (χ3v) is 5.81. The summed E-state index contributed by atoms with van der Waals surface area (Å²) in [4.78, 5) is 6.89. The number of nitrogens with zero attached hydrogens (tertiary/aromatic N) is 3. The first kappa shape index (κ1) is 16.7. The second kappa shape index (κ2) is 6.54. The molecular formula is C20H27N3O2. The molecule has 4 rings (SSSR count). The Morgan fingerprint density at radius 2 is 2.04 bits per heavy atom. The molecule has 1 N–H and O–H groups in total. The van der Waals surface area contributed by atoms with Crippen LogP contribution in [0.15, 0.2) is 28.8 Å². The van der Waals surface area contributed by atoms with Crippen LogP contribution >= 0.6 is 0 Å². The average Bonchev–Trinajstić information content (AvgIpc) is 3.12. The molecule has 1 atom stereocenters. The van der Waals surface area contributed by atoms with Crippen molar-refractivity contribution in [2.24, 2.45) is 5.92 Å². The number of piperidine rings is 1. The molecule has 5 nitrogen and oxygen atoms in total. The molecule has 2 heterocycles. The molecule has 1 saturated heterocycles. The lowest BCUT2D eigenvalue weighted by atomic mass is 9.72. The third kappa shape index (κ3) is 3.11. The second-order valence-corrected chi connectivity index (χ2v) is 8.01. The Labute approximate surface area is 149 Å². The molecular weight excluding hydrogens is 314 g/mol. The zero-order chi connectivity index (χ0) is 17.4. The van der Waals surface area contributed by atoms with Gasteiger partial charge >= 0.3 is 0 Å². The van der Waals surface area contributed by atoms with Crippen LogP contribution in [0.2, 0.25) is 0 Å². The van der Waals surface area contributed by atoms with Gasteiger partial charge in [-0.15, -0.1) is 0 Å². The molecule has 2 aliphatic rings. The van der Waals surface area contributed by atoms with Gasteiger partial charge in [0.05, 0.1) is 12.6 Å². The Bertz CT molecular complexity index is 732. The zero-order valence-electron chi connectivity index (χ0n) is 15.1. The largest absolute Gasteiger partial charge is 0.392 e. The van der Waals surface area contributed by atoms with E-state index in [1.165, 1.54) is 11.1 Å². The number of aliphatic hydroxyl groups is 1. The molecule has 1 unspecified atom stereocenters. The predicted molar refractivity (Wildman–Crippen MR) is 95.2 cm³/mol. The predicted octanol–water partition coefficient (Wildman–Crippen LogP) is 2.72. The van der Waals surface area contributed by atoms with Crippen LogP contribution < -0.4 is 0 Å². The Hall–Kier alpha value is -1.72. The van der Waals surface area contributed by atoms with Crippen LogP contribution in [0.1, 0.15) is 49.5 Å². The van der Waals surface area contributed by atoms with E-state index in [1.807, 2.05) is 0 Å². The minimum absolute atomic E-state index is 0.0624. The van der Waals surface area contributed by atoms with Crippen molar-refractivity contribution in [3.05, 3.63) is 47.1 Å². The molecule has 0 amide bonds. The van der Waals surface area contributed by atoms with Gasteiger partial charge in [-0.05, 0) is 49.4 Å². The van der Waals surface area contributed by atoms with E-state index >= 15 is 0 Å². The molecule has 2 aromatic rings. The van der Waals surface area contributed by atoms with Crippen molar-refractivity contribution in [3.63, 3.8) is 0 Å². The van der Waals surface area contributed by atoms with Gasteiger partial charge in [-0.3, -0.25) is 4.90 Å². The highest BCUT2D eigenvalue weighted by Crippen LogP contribution is 2.46. The van der Waals surface area contributed by atoms with Crippen molar-refractivity contribution < 1.29 is 9.63 Å². The van der Waals surface area contributed by atoms with Gasteiger partial charge in [0.1, 0.15) is 0 Å². The van der Waals surface area contributed by atoms with E-state index < -0.39 is 0 Å². The highest BCUT2D eigenvalue weighted by Gasteiger charge is 2.47. The summed E-state index contributed by atoms with van der Waals surface area (Å²) in [7, 11) is 0. The number of aromatic nitrogens is 2. The van der Waals surface area contributed by atoms with E-state index in [9.17, 15) is 5.11 Å². The summed E-state index contributed by atoms with van der Waals surface area (Å²) in [5.74, 6) is 2.03. The number of rotatable bonds is 4. The molecule has 0 bridgehead atoms. The maximum Gasteiger partial charge on any atom is 0.226 e. The molecule has 1 aliphatic carbocycles. The lowest BCUT2D eigenvalue weighted by molar-refractivity contribution is 0.0405. The van der Waals surface area contributed by atoms with Gasteiger partial charge in [-0.25, -0.2) is 0 Å². The zero-order valence-corrected chi connectivity index (χ0v) is 15.1. The summed E-state index contributed by atoms with van der Waals surface area (Å²) in [6.07, 6.45) is 3.34. The number of benzene rings is 1. The van der Waals surface area contributed by atoms with Crippen molar-refractivity contribution in [1.29, 1.82) is 0 Å². The van der Waals surface area contributed by atoms with Gasteiger partial charge in [-0.2, -0.15) is 4.98 Å². The fourth-order valence-electron chi connectivity index (χ4n) is 4.47. The lowest BCUT2D eigenvalue weighted by Gasteiger charge is -2.41. The van der Waals surface area contributed by atoms with E-state index in [-0.39, 0.29) is 11.5 Å². The van der Waals surface area contributed by atoms with Crippen molar-refractivity contribution in [2.75, 3.05) is 13.1 Å². The summed E-state index contributed by atoms with van der Waals surface area (Å²) >= 11 is 0. The molecule has 5 heteroatoms. The van der Waals surface area contributed by atoms with E-state index in [2.05, 4.69) is 53.2 Å². The fraction of sp³-hybridized carbons (Fsp3) is 0.600. The van der Waals surface area contributed by atoms with Gasteiger partial charge in [-0.1, -0.05) is 43.3 Å². The molecule has 1 aromatic heterocycles. The van der Waals surface area contributed by atoms with Crippen LogP contribution in [0, 0.1) is 5.92 Å². The Balaban J connectivity index is 1.41. The second-order valence-electron chi connectivity index (χ2n) is 8.01.